The molecule has 8 rings (SSSR count). The number of benzene rings is 7. The predicted octanol–water partition coefficient (Wildman–Crippen LogP) is 21.5. The molecule has 370 valence electrons. The summed E-state index contributed by atoms with van der Waals surface area (Å²) in [7, 11) is 0. The molecule has 0 bridgehead atoms. The van der Waals surface area contributed by atoms with Gasteiger partial charge in [0.25, 0.3) is 0 Å². The van der Waals surface area contributed by atoms with E-state index in [0.717, 1.165) is 46.0 Å². The first-order chi connectivity index (χ1) is 34.4. The smallest absolute Gasteiger partial charge is 0.0520 e. The number of halogens is 2. The van der Waals surface area contributed by atoms with E-state index in [1.165, 1.54) is 166 Å². The van der Waals surface area contributed by atoms with Crippen LogP contribution in [0.25, 0.3) is 11.1 Å². The fourth-order valence-corrected chi connectivity index (χ4v) is 12.6. The van der Waals surface area contributed by atoms with Crippen LogP contribution in [0.4, 0.5) is 34.1 Å². The van der Waals surface area contributed by atoms with Crippen molar-refractivity contribution in [1.82, 2.24) is 0 Å². The van der Waals surface area contributed by atoms with Crippen molar-refractivity contribution >= 4 is 66.0 Å². The Balaban J connectivity index is 1.44. The van der Waals surface area contributed by atoms with Crippen LogP contribution in [0.2, 0.25) is 0 Å². The van der Waals surface area contributed by atoms with Gasteiger partial charge in [-0.2, -0.15) is 0 Å². The van der Waals surface area contributed by atoms with Crippen molar-refractivity contribution in [3.05, 3.63) is 198 Å². The molecule has 0 N–H and O–H groups in total. The summed E-state index contributed by atoms with van der Waals surface area (Å²) in [6, 6.07) is 50.1. The first kappa shape index (κ1) is 52.4. The highest BCUT2D eigenvalue weighted by molar-refractivity contribution is 9.10. The lowest BCUT2D eigenvalue weighted by Gasteiger charge is -2.36. The van der Waals surface area contributed by atoms with Crippen molar-refractivity contribution in [3.63, 3.8) is 0 Å². The molecule has 1 aliphatic rings. The zero-order valence-electron chi connectivity index (χ0n) is 44.4. The summed E-state index contributed by atoms with van der Waals surface area (Å²) in [6.07, 6.45) is 18.2. The van der Waals surface area contributed by atoms with Gasteiger partial charge in [-0.1, -0.05) is 183 Å². The van der Waals surface area contributed by atoms with E-state index in [2.05, 4.69) is 231 Å². The molecule has 0 unspecified atom stereocenters. The number of aryl methyl sites for hydroxylation is 8. The topological polar surface area (TPSA) is 6.48 Å². The van der Waals surface area contributed by atoms with Gasteiger partial charge < -0.3 is 9.80 Å². The minimum Gasteiger partial charge on any atom is -0.310 e. The molecular formula is C67H78Br2N2. The molecule has 0 spiro atoms. The van der Waals surface area contributed by atoms with Gasteiger partial charge in [0.1, 0.15) is 0 Å². The molecule has 0 fully saturated rings. The molecule has 0 aliphatic heterocycles. The van der Waals surface area contributed by atoms with Gasteiger partial charge in [-0.15, -0.1) is 0 Å². The number of nitrogens with zero attached hydrogens (tertiary/aromatic N) is 2. The number of unbranched alkanes of at least 4 members (excludes halogenated alkanes) is 9. The van der Waals surface area contributed by atoms with Crippen molar-refractivity contribution in [2.24, 2.45) is 0 Å². The summed E-state index contributed by atoms with van der Waals surface area (Å²) in [5, 5.41) is 0. The minimum atomic E-state index is -0.395. The lowest BCUT2D eigenvalue weighted by molar-refractivity contribution is 0.514. The molecule has 1 aliphatic carbocycles. The Labute approximate surface area is 445 Å². The Morgan fingerprint density at radius 1 is 0.380 bits per heavy atom. The van der Waals surface area contributed by atoms with Crippen molar-refractivity contribution in [2.75, 3.05) is 9.80 Å². The summed E-state index contributed by atoms with van der Waals surface area (Å²) in [4.78, 5) is 5.07. The summed E-state index contributed by atoms with van der Waals surface area (Å²) in [5.41, 5.74) is 24.6. The fraction of sp³-hybridized carbons (Fsp3) is 0.373. The lowest BCUT2D eigenvalue weighted by atomic mass is 9.68. The maximum Gasteiger partial charge on any atom is 0.0520 e. The average Bonchev–Trinajstić information content (AvgIpc) is 3.62. The largest absolute Gasteiger partial charge is 0.310 e. The number of fused-ring (bicyclic) bond motifs is 3. The van der Waals surface area contributed by atoms with E-state index >= 15 is 0 Å². The van der Waals surface area contributed by atoms with E-state index in [1.54, 1.807) is 0 Å². The summed E-state index contributed by atoms with van der Waals surface area (Å²) >= 11 is 7.54. The highest BCUT2D eigenvalue weighted by Gasteiger charge is 2.45. The fourth-order valence-electron chi connectivity index (χ4n) is 12.1. The second kappa shape index (κ2) is 23.8. The first-order valence-corrected chi connectivity index (χ1v) is 28.6. The zero-order valence-corrected chi connectivity index (χ0v) is 47.6. The lowest BCUT2D eigenvalue weighted by Crippen LogP contribution is -2.28. The Hall–Kier alpha value is -4.90. The van der Waals surface area contributed by atoms with Crippen molar-refractivity contribution in [3.8, 4) is 11.1 Å². The SMILES string of the molecule is CCCCCCc1cc(CCCCCC)cc(C2(CCCCCC)c3cc(N(c4ccc(Br)cc4)c4c(C)cc(C)cc4C)ccc3-c3ccc(N(c4ccc(Br)cc4)c4c(C)cc(C)cc4C)cc32)c1. The standard InChI is InChI=1S/C67H78Br2N2/c1-10-13-16-19-22-52-41-53(23-20-17-14-11-2)43-54(42-52)67(36-21-18-15-12-3)63-44-59(70(57-28-24-55(68)25-29-57)65-48(6)37-46(4)38-49(65)7)32-34-61(63)62-35-33-60(45-64(62)67)71(58-30-26-56(69)27-31-58)66-50(8)39-47(5)40-51(66)9/h24-35,37-45H,10-23,36H2,1-9H3. The van der Waals surface area contributed by atoms with Crippen molar-refractivity contribution in [2.45, 2.75) is 164 Å². The van der Waals surface area contributed by atoms with Gasteiger partial charge in [0.2, 0.25) is 0 Å². The third kappa shape index (κ3) is 11.5. The van der Waals surface area contributed by atoms with Crippen molar-refractivity contribution in [1.29, 1.82) is 0 Å². The molecule has 71 heavy (non-hydrogen) atoms. The van der Waals surface area contributed by atoms with Gasteiger partial charge in [-0.05, 0) is 208 Å². The normalized spacial score (nSPS) is 12.5. The number of hydrogen-bond acceptors (Lipinski definition) is 2. The Kier molecular flexibility index (Phi) is 17.5. The van der Waals surface area contributed by atoms with Crippen LogP contribution in [-0.4, -0.2) is 0 Å². The van der Waals surface area contributed by atoms with Gasteiger partial charge >= 0.3 is 0 Å². The second-order valence-electron chi connectivity index (χ2n) is 21.0. The molecule has 2 nitrogen and oxygen atoms in total. The van der Waals surface area contributed by atoms with E-state index < -0.39 is 5.41 Å². The first-order valence-electron chi connectivity index (χ1n) is 27.1. The summed E-state index contributed by atoms with van der Waals surface area (Å²) in [5.74, 6) is 0. The zero-order chi connectivity index (χ0) is 50.2. The van der Waals surface area contributed by atoms with Crippen molar-refractivity contribution < 1.29 is 0 Å². The van der Waals surface area contributed by atoms with E-state index in [0.29, 0.717) is 0 Å². The molecule has 7 aromatic carbocycles. The van der Waals surface area contributed by atoms with Gasteiger partial charge in [0.05, 0.1) is 11.4 Å². The van der Waals surface area contributed by atoms with Gasteiger partial charge in [0, 0.05) is 37.1 Å². The van der Waals surface area contributed by atoms with Crippen LogP contribution in [0, 0.1) is 41.5 Å². The maximum atomic E-state index is 3.77. The average molecular weight is 1070 g/mol. The van der Waals surface area contributed by atoms with Gasteiger partial charge in [-0.25, -0.2) is 0 Å². The molecule has 0 radical (unpaired) electrons. The van der Waals surface area contributed by atoms with Crippen LogP contribution in [0.15, 0.2) is 136 Å². The molecule has 0 heterocycles. The van der Waals surface area contributed by atoms with E-state index in [-0.39, 0.29) is 0 Å². The highest BCUT2D eigenvalue weighted by Crippen LogP contribution is 2.58. The predicted molar refractivity (Wildman–Crippen MR) is 316 cm³/mol. The third-order valence-electron chi connectivity index (χ3n) is 15.2. The maximum absolute atomic E-state index is 3.77. The van der Waals surface area contributed by atoms with E-state index in [9.17, 15) is 0 Å². The Bertz CT molecular complexity index is 2690. The number of rotatable bonds is 22. The van der Waals surface area contributed by atoms with E-state index in [4.69, 9.17) is 0 Å². The molecular weight excluding hydrogens is 993 g/mol. The third-order valence-corrected chi connectivity index (χ3v) is 16.3. The molecule has 0 amide bonds. The molecule has 0 saturated heterocycles. The van der Waals surface area contributed by atoms with Crippen LogP contribution >= 0.6 is 31.9 Å². The molecule has 0 aromatic heterocycles. The minimum absolute atomic E-state index is 0.395. The van der Waals surface area contributed by atoms with Crippen LogP contribution in [0.5, 0.6) is 0 Å². The monoisotopic (exact) mass is 1070 g/mol. The van der Waals surface area contributed by atoms with Crippen LogP contribution in [0.3, 0.4) is 0 Å². The van der Waals surface area contributed by atoms with Crippen LogP contribution < -0.4 is 9.80 Å². The number of anilines is 6. The van der Waals surface area contributed by atoms with Crippen LogP contribution in [-0.2, 0) is 18.3 Å². The molecule has 0 atom stereocenters. The molecule has 4 heteroatoms. The van der Waals surface area contributed by atoms with Gasteiger partial charge in [0.15, 0.2) is 0 Å². The quantitative estimate of drug-likeness (QED) is 0.0624. The summed E-state index contributed by atoms with van der Waals surface area (Å²) in [6.45, 7) is 20.6. The van der Waals surface area contributed by atoms with Gasteiger partial charge in [-0.3, -0.25) is 0 Å². The van der Waals surface area contributed by atoms with E-state index in [1.807, 2.05) is 0 Å². The highest BCUT2D eigenvalue weighted by atomic mass is 79.9. The molecule has 7 aromatic rings. The molecule has 0 saturated carbocycles. The number of hydrogen-bond donors (Lipinski definition) is 0. The summed E-state index contributed by atoms with van der Waals surface area (Å²) < 4.78 is 2.16. The van der Waals surface area contributed by atoms with Crippen LogP contribution in [0.1, 0.15) is 165 Å². The second-order valence-corrected chi connectivity index (χ2v) is 22.8. The Morgan fingerprint density at radius 3 is 1.13 bits per heavy atom. The Morgan fingerprint density at radius 2 is 0.746 bits per heavy atom.